The van der Waals surface area contributed by atoms with Gasteiger partial charge in [0.15, 0.2) is 11.6 Å². The Morgan fingerprint density at radius 3 is 2.74 bits per heavy atom. The zero-order valence-electron chi connectivity index (χ0n) is 10.6. The monoisotopic (exact) mass is 257 g/mol. The number of rotatable bonds is 3. The third-order valence-electron chi connectivity index (χ3n) is 2.48. The van der Waals surface area contributed by atoms with Gasteiger partial charge in [0.05, 0.1) is 12.3 Å². The van der Waals surface area contributed by atoms with E-state index in [0.717, 1.165) is 0 Å². The van der Waals surface area contributed by atoms with Crippen molar-refractivity contribution in [3.8, 4) is 23.1 Å². The summed E-state index contributed by atoms with van der Waals surface area (Å²) < 4.78 is 18.9. The maximum absolute atomic E-state index is 13.8. The molecule has 0 saturated heterocycles. The molecule has 19 heavy (non-hydrogen) atoms. The van der Waals surface area contributed by atoms with E-state index in [9.17, 15) is 4.39 Å². The number of nitrogens with zero attached hydrogens (tertiary/aromatic N) is 3. The molecular weight excluding hydrogens is 245 g/mol. The van der Waals surface area contributed by atoms with E-state index in [1.807, 2.05) is 6.07 Å². The average Bonchev–Trinajstić information content (AvgIpc) is 2.40. The number of benzene rings is 1. The maximum Gasteiger partial charge on any atom is 0.232 e. The summed E-state index contributed by atoms with van der Waals surface area (Å²) in [6, 6.07) is 8.19. The Bertz CT molecular complexity index is 650. The SMILES string of the molecule is CCOc1ccc(-c2cc(C)nc(C#N)n2)cc1F. The van der Waals surface area contributed by atoms with Gasteiger partial charge >= 0.3 is 0 Å². The lowest BCUT2D eigenvalue weighted by Gasteiger charge is -2.07. The normalized spacial score (nSPS) is 10.0. The number of hydrogen-bond donors (Lipinski definition) is 0. The van der Waals surface area contributed by atoms with E-state index in [1.54, 1.807) is 32.0 Å². The first-order chi connectivity index (χ1) is 9.13. The summed E-state index contributed by atoms with van der Waals surface area (Å²) in [6.45, 7) is 3.96. The van der Waals surface area contributed by atoms with Gasteiger partial charge in [-0.25, -0.2) is 14.4 Å². The highest BCUT2D eigenvalue weighted by Gasteiger charge is 2.08. The summed E-state index contributed by atoms with van der Waals surface area (Å²) in [4.78, 5) is 8.02. The standard InChI is InChI=1S/C14H12FN3O/c1-3-19-13-5-4-10(7-11(13)15)12-6-9(2)17-14(8-16)18-12/h4-7H,3H2,1-2H3. The molecule has 0 aliphatic carbocycles. The van der Waals surface area contributed by atoms with Crippen molar-refractivity contribution in [2.75, 3.05) is 6.61 Å². The van der Waals surface area contributed by atoms with Crippen LogP contribution in [0.15, 0.2) is 24.3 Å². The quantitative estimate of drug-likeness (QED) is 0.848. The van der Waals surface area contributed by atoms with Crippen LogP contribution in [0.2, 0.25) is 0 Å². The lowest BCUT2D eigenvalue weighted by atomic mass is 10.1. The second-order valence-corrected chi connectivity index (χ2v) is 3.91. The Morgan fingerprint density at radius 2 is 2.11 bits per heavy atom. The van der Waals surface area contributed by atoms with Crippen LogP contribution in [0.4, 0.5) is 4.39 Å². The van der Waals surface area contributed by atoms with Gasteiger partial charge in [-0.3, -0.25) is 0 Å². The number of ether oxygens (including phenoxy) is 1. The second-order valence-electron chi connectivity index (χ2n) is 3.91. The highest BCUT2D eigenvalue weighted by molar-refractivity contribution is 5.61. The predicted octanol–water partition coefficient (Wildman–Crippen LogP) is 2.86. The van der Waals surface area contributed by atoms with Gasteiger partial charge in [0, 0.05) is 11.3 Å². The Morgan fingerprint density at radius 1 is 1.32 bits per heavy atom. The minimum absolute atomic E-state index is 0.0734. The van der Waals surface area contributed by atoms with E-state index in [2.05, 4.69) is 9.97 Å². The zero-order chi connectivity index (χ0) is 13.8. The van der Waals surface area contributed by atoms with Crippen molar-refractivity contribution < 1.29 is 9.13 Å². The number of halogens is 1. The molecule has 0 aliphatic rings. The van der Waals surface area contributed by atoms with Crippen LogP contribution in [-0.2, 0) is 0 Å². The first-order valence-electron chi connectivity index (χ1n) is 5.82. The smallest absolute Gasteiger partial charge is 0.232 e. The molecule has 0 spiro atoms. The lowest BCUT2D eigenvalue weighted by Crippen LogP contribution is -1.97. The molecule has 0 atom stereocenters. The number of aromatic nitrogens is 2. The first kappa shape index (κ1) is 13.0. The number of nitriles is 1. The molecular formula is C14H12FN3O. The fourth-order valence-electron chi connectivity index (χ4n) is 1.70. The van der Waals surface area contributed by atoms with E-state index in [0.29, 0.717) is 23.6 Å². The molecule has 2 rings (SSSR count). The average molecular weight is 257 g/mol. The van der Waals surface area contributed by atoms with Crippen LogP contribution >= 0.6 is 0 Å². The largest absolute Gasteiger partial charge is 0.491 e. The van der Waals surface area contributed by atoms with Crippen molar-refractivity contribution >= 4 is 0 Å². The fraction of sp³-hybridized carbons (Fsp3) is 0.214. The van der Waals surface area contributed by atoms with Crippen LogP contribution in [0.3, 0.4) is 0 Å². The molecule has 1 heterocycles. The van der Waals surface area contributed by atoms with Crippen molar-refractivity contribution in [3.63, 3.8) is 0 Å². The summed E-state index contributed by atoms with van der Waals surface area (Å²) in [5.74, 6) is -0.170. The topological polar surface area (TPSA) is 58.8 Å². The molecule has 0 radical (unpaired) electrons. The van der Waals surface area contributed by atoms with Crippen molar-refractivity contribution in [2.24, 2.45) is 0 Å². The Labute approximate surface area is 110 Å². The molecule has 96 valence electrons. The van der Waals surface area contributed by atoms with Gasteiger partial charge in [0.2, 0.25) is 5.82 Å². The van der Waals surface area contributed by atoms with Gasteiger partial charge in [-0.15, -0.1) is 0 Å². The van der Waals surface area contributed by atoms with Crippen LogP contribution < -0.4 is 4.74 Å². The van der Waals surface area contributed by atoms with Crippen LogP contribution in [0.1, 0.15) is 18.4 Å². The Balaban J connectivity index is 2.45. The highest BCUT2D eigenvalue weighted by Crippen LogP contribution is 2.24. The summed E-state index contributed by atoms with van der Waals surface area (Å²) in [5.41, 5.74) is 1.77. The van der Waals surface area contributed by atoms with Crippen LogP contribution in [0.5, 0.6) is 5.75 Å². The Hall–Kier alpha value is -2.48. The highest BCUT2D eigenvalue weighted by atomic mass is 19.1. The van der Waals surface area contributed by atoms with Gasteiger partial charge < -0.3 is 4.74 Å². The van der Waals surface area contributed by atoms with Gasteiger partial charge in [0.25, 0.3) is 0 Å². The van der Waals surface area contributed by atoms with Crippen molar-refractivity contribution in [1.29, 1.82) is 5.26 Å². The molecule has 0 fully saturated rings. The van der Waals surface area contributed by atoms with E-state index >= 15 is 0 Å². The summed E-state index contributed by atoms with van der Waals surface area (Å²) in [5, 5.41) is 8.83. The molecule has 0 bridgehead atoms. The van der Waals surface area contributed by atoms with Crippen LogP contribution in [0.25, 0.3) is 11.3 Å². The molecule has 0 amide bonds. The van der Waals surface area contributed by atoms with Crippen molar-refractivity contribution in [1.82, 2.24) is 9.97 Å². The van der Waals surface area contributed by atoms with Crippen LogP contribution in [0, 0.1) is 24.1 Å². The van der Waals surface area contributed by atoms with Crippen molar-refractivity contribution in [3.05, 3.63) is 41.6 Å². The molecule has 0 N–H and O–H groups in total. The third-order valence-corrected chi connectivity index (χ3v) is 2.48. The molecule has 5 heteroatoms. The molecule has 0 saturated carbocycles. The fourth-order valence-corrected chi connectivity index (χ4v) is 1.70. The Kier molecular flexibility index (Phi) is 3.71. The van der Waals surface area contributed by atoms with E-state index in [4.69, 9.17) is 10.00 Å². The van der Waals surface area contributed by atoms with Crippen molar-refractivity contribution in [2.45, 2.75) is 13.8 Å². The predicted molar refractivity (Wildman–Crippen MR) is 68.0 cm³/mol. The number of aryl methyl sites for hydroxylation is 1. The summed E-state index contributed by atoms with van der Waals surface area (Å²) in [6.07, 6.45) is 0. The van der Waals surface area contributed by atoms with E-state index in [1.165, 1.54) is 6.07 Å². The zero-order valence-corrected chi connectivity index (χ0v) is 10.6. The number of hydrogen-bond acceptors (Lipinski definition) is 4. The van der Waals surface area contributed by atoms with Gasteiger partial charge in [-0.05, 0) is 38.1 Å². The van der Waals surface area contributed by atoms with Gasteiger partial charge in [0.1, 0.15) is 6.07 Å². The summed E-state index contributed by atoms with van der Waals surface area (Å²) in [7, 11) is 0. The lowest BCUT2D eigenvalue weighted by molar-refractivity contribution is 0.321. The minimum atomic E-state index is -0.450. The molecule has 0 aliphatic heterocycles. The third kappa shape index (κ3) is 2.86. The molecule has 2 aromatic rings. The summed E-state index contributed by atoms with van der Waals surface area (Å²) >= 11 is 0. The molecule has 1 aromatic carbocycles. The van der Waals surface area contributed by atoms with Crippen LogP contribution in [-0.4, -0.2) is 16.6 Å². The first-order valence-corrected chi connectivity index (χ1v) is 5.82. The minimum Gasteiger partial charge on any atom is -0.491 e. The van der Waals surface area contributed by atoms with E-state index < -0.39 is 5.82 Å². The second kappa shape index (κ2) is 5.44. The maximum atomic E-state index is 13.8. The molecule has 1 aromatic heterocycles. The van der Waals surface area contributed by atoms with Gasteiger partial charge in [-0.2, -0.15) is 5.26 Å². The molecule has 4 nitrogen and oxygen atoms in total. The van der Waals surface area contributed by atoms with Gasteiger partial charge in [-0.1, -0.05) is 0 Å². The van der Waals surface area contributed by atoms with E-state index in [-0.39, 0.29) is 11.6 Å². The molecule has 0 unspecified atom stereocenters.